The number of benzene rings is 4. The molecule has 3 amide bonds. The van der Waals surface area contributed by atoms with E-state index in [0.717, 1.165) is 16.1 Å². The van der Waals surface area contributed by atoms with Gasteiger partial charge in [-0.05, 0) is 78.7 Å². The predicted molar refractivity (Wildman–Crippen MR) is 161 cm³/mol. The van der Waals surface area contributed by atoms with Gasteiger partial charge in [-0.2, -0.15) is 0 Å². The van der Waals surface area contributed by atoms with Crippen molar-refractivity contribution in [1.82, 2.24) is 5.32 Å². The summed E-state index contributed by atoms with van der Waals surface area (Å²) >= 11 is 1.36. The van der Waals surface area contributed by atoms with E-state index < -0.39 is 16.7 Å². The Kier molecular flexibility index (Phi) is 9.63. The summed E-state index contributed by atoms with van der Waals surface area (Å²) in [6, 6.07) is 28.5. The van der Waals surface area contributed by atoms with Crippen molar-refractivity contribution in [2.24, 2.45) is 0 Å². The number of thioether (sulfide) groups is 1. The van der Waals surface area contributed by atoms with Gasteiger partial charge in [-0.1, -0.05) is 36.4 Å². The molecule has 0 bridgehead atoms. The van der Waals surface area contributed by atoms with Crippen LogP contribution in [0.2, 0.25) is 0 Å². The third-order valence-corrected chi connectivity index (χ3v) is 6.86. The van der Waals surface area contributed by atoms with Crippen LogP contribution < -0.4 is 16.0 Å². The van der Waals surface area contributed by atoms with Crippen LogP contribution in [0.25, 0.3) is 6.08 Å². The second kappa shape index (κ2) is 13.7. The lowest BCUT2D eigenvalue weighted by atomic mass is 10.1. The van der Waals surface area contributed by atoms with Crippen LogP contribution in [0.3, 0.4) is 0 Å². The molecule has 0 aliphatic carbocycles. The average Bonchev–Trinajstić information content (AvgIpc) is 2.98. The van der Waals surface area contributed by atoms with Gasteiger partial charge in [-0.15, -0.1) is 11.8 Å². The monoisotopic (exact) mass is 566 g/mol. The van der Waals surface area contributed by atoms with Gasteiger partial charge in [0.05, 0.1) is 10.7 Å². The first-order valence-corrected chi connectivity index (χ1v) is 13.5. The molecule has 0 heterocycles. The SMILES string of the molecule is Cc1ccccc1NC(=O)CSc1ccc(NC(=O)/C(=C/c2ccc([N+](=O)[O-])cc2)NC(=O)c2ccccc2)cc1. The summed E-state index contributed by atoms with van der Waals surface area (Å²) in [5.41, 5.74) is 2.95. The molecule has 9 nitrogen and oxygen atoms in total. The zero-order valence-electron chi connectivity index (χ0n) is 22.0. The molecule has 0 spiro atoms. The zero-order valence-corrected chi connectivity index (χ0v) is 22.8. The summed E-state index contributed by atoms with van der Waals surface area (Å²) in [6.07, 6.45) is 1.44. The summed E-state index contributed by atoms with van der Waals surface area (Å²) < 4.78 is 0. The van der Waals surface area contributed by atoms with E-state index in [4.69, 9.17) is 0 Å². The standard InChI is InChI=1S/C31H26N4O5S/c1-21-7-5-6-10-27(21)33-29(36)20-41-26-17-13-24(14-18-26)32-31(38)28(34-30(37)23-8-3-2-4-9-23)19-22-11-15-25(16-12-22)35(39)40/h2-19H,20H2,1H3,(H,32,38)(H,33,36)(H,34,37)/b28-19-. The number of carbonyl (C=O) groups is 3. The highest BCUT2D eigenvalue weighted by Crippen LogP contribution is 2.22. The Labute approximate surface area is 240 Å². The summed E-state index contributed by atoms with van der Waals surface area (Å²) in [5, 5.41) is 19.3. The molecule has 4 rings (SSSR count). The van der Waals surface area contributed by atoms with E-state index >= 15 is 0 Å². The van der Waals surface area contributed by atoms with E-state index in [1.807, 2.05) is 31.2 Å². The fourth-order valence-corrected chi connectivity index (χ4v) is 4.38. The number of nitro benzene ring substituents is 1. The molecule has 4 aromatic carbocycles. The number of amides is 3. The van der Waals surface area contributed by atoms with Crippen molar-refractivity contribution in [2.75, 3.05) is 16.4 Å². The normalized spacial score (nSPS) is 10.9. The molecule has 0 atom stereocenters. The van der Waals surface area contributed by atoms with Crippen LogP contribution in [0.15, 0.2) is 114 Å². The molecule has 10 heteroatoms. The number of aryl methyl sites for hydroxylation is 1. The van der Waals surface area contributed by atoms with Crippen molar-refractivity contribution in [1.29, 1.82) is 0 Å². The number of carbonyl (C=O) groups excluding carboxylic acids is 3. The van der Waals surface area contributed by atoms with Crippen LogP contribution in [0.4, 0.5) is 17.1 Å². The maximum absolute atomic E-state index is 13.2. The number of rotatable bonds is 10. The van der Waals surface area contributed by atoms with Crippen molar-refractivity contribution in [2.45, 2.75) is 11.8 Å². The maximum atomic E-state index is 13.2. The van der Waals surface area contributed by atoms with E-state index in [1.54, 1.807) is 54.6 Å². The lowest BCUT2D eigenvalue weighted by molar-refractivity contribution is -0.384. The second-order valence-corrected chi connectivity index (χ2v) is 9.91. The first-order chi connectivity index (χ1) is 19.8. The molecular weight excluding hydrogens is 540 g/mol. The molecule has 0 unspecified atom stereocenters. The fraction of sp³-hybridized carbons (Fsp3) is 0.0645. The Balaban J connectivity index is 1.43. The average molecular weight is 567 g/mol. The first kappa shape index (κ1) is 28.8. The maximum Gasteiger partial charge on any atom is 0.272 e. The van der Waals surface area contributed by atoms with Gasteiger partial charge in [0.25, 0.3) is 17.5 Å². The number of para-hydroxylation sites is 1. The lowest BCUT2D eigenvalue weighted by Gasteiger charge is -2.12. The van der Waals surface area contributed by atoms with Gasteiger partial charge < -0.3 is 16.0 Å². The topological polar surface area (TPSA) is 130 Å². The van der Waals surface area contributed by atoms with Crippen LogP contribution >= 0.6 is 11.8 Å². The Morgan fingerprint density at radius 3 is 2.15 bits per heavy atom. The molecular formula is C31H26N4O5S. The van der Waals surface area contributed by atoms with Gasteiger partial charge in [0.2, 0.25) is 5.91 Å². The van der Waals surface area contributed by atoms with Crippen molar-refractivity contribution >= 4 is 52.6 Å². The highest BCUT2D eigenvalue weighted by atomic mass is 32.2. The van der Waals surface area contributed by atoms with E-state index in [9.17, 15) is 24.5 Å². The Bertz CT molecular complexity index is 1590. The predicted octanol–water partition coefficient (Wildman–Crippen LogP) is 6.04. The molecule has 0 radical (unpaired) electrons. The molecule has 0 aromatic heterocycles. The van der Waals surface area contributed by atoms with E-state index in [-0.39, 0.29) is 23.0 Å². The highest BCUT2D eigenvalue weighted by Gasteiger charge is 2.16. The van der Waals surface area contributed by atoms with Crippen LogP contribution in [-0.4, -0.2) is 28.4 Å². The van der Waals surface area contributed by atoms with Gasteiger partial charge in [0.15, 0.2) is 0 Å². The summed E-state index contributed by atoms with van der Waals surface area (Å²) in [5.74, 6) is -0.972. The van der Waals surface area contributed by atoms with Crippen LogP contribution in [0, 0.1) is 17.0 Å². The quantitative estimate of drug-likeness (QED) is 0.0928. The number of non-ortho nitro benzene ring substituents is 1. The van der Waals surface area contributed by atoms with Gasteiger partial charge in [-0.3, -0.25) is 24.5 Å². The third kappa shape index (κ3) is 8.38. The molecule has 0 saturated carbocycles. The summed E-state index contributed by atoms with van der Waals surface area (Å²) in [7, 11) is 0. The fourth-order valence-electron chi connectivity index (χ4n) is 3.68. The smallest absolute Gasteiger partial charge is 0.272 e. The second-order valence-electron chi connectivity index (χ2n) is 8.86. The number of anilines is 2. The van der Waals surface area contributed by atoms with Crippen molar-refractivity contribution in [3.05, 3.63) is 136 Å². The lowest BCUT2D eigenvalue weighted by Crippen LogP contribution is -2.30. The molecule has 3 N–H and O–H groups in total. The van der Waals surface area contributed by atoms with Gasteiger partial charge in [0, 0.05) is 34.0 Å². The minimum absolute atomic E-state index is 0.0426. The minimum atomic E-state index is -0.578. The first-order valence-electron chi connectivity index (χ1n) is 12.5. The molecule has 0 fully saturated rings. The van der Waals surface area contributed by atoms with Gasteiger partial charge in [0.1, 0.15) is 5.70 Å². The molecule has 4 aromatic rings. The number of hydrogen-bond donors (Lipinski definition) is 3. The number of nitrogens with zero attached hydrogens (tertiary/aromatic N) is 1. The Morgan fingerprint density at radius 1 is 0.829 bits per heavy atom. The zero-order chi connectivity index (χ0) is 29.2. The Hall–Kier alpha value is -5.22. The van der Waals surface area contributed by atoms with Crippen molar-refractivity contribution < 1.29 is 19.3 Å². The molecule has 41 heavy (non-hydrogen) atoms. The summed E-state index contributed by atoms with van der Waals surface area (Å²) in [6.45, 7) is 1.93. The van der Waals surface area contributed by atoms with E-state index in [0.29, 0.717) is 16.8 Å². The minimum Gasteiger partial charge on any atom is -0.325 e. The third-order valence-electron chi connectivity index (χ3n) is 5.84. The summed E-state index contributed by atoms with van der Waals surface area (Å²) in [4.78, 5) is 49.6. The molecule has 0 aliphatic heterocycles. The molecule has 0 aliphatic rings. The number of hydrogen-bond acceptors (Lipinski definition) is 6. The highest BCUT2D eigenvalue weighted by molar-refractivity contribution is 8.00. The van der Waals surface area contributed by atoms with Crippen LogP contribution in [0.5, 0.6) is 0 Å². The number of nitro groups is 1. The molecule has 206 valence electrons. The van der Waals surface area contributed by atoms with Gasteiger partial charge >= 0.3 is 0 Å². The Morgan fingerprint density at radius 2 is 1.49 bits per heavy atom. The largest absolute Gasteiger partial charge is 0.325 e. The van der Waals surface area contributed by atoms with Gasteiger partial charge in [-0.25, -0.2) is 0 Å². The number of nitrogens with one attached hydrogen (secondary N) is 3. The van der Waals surface area contributed by atoms with Crippen molar-refractivity contribution in [3.63, 3.8) is 0 Å². The van der Waals surface area contributed by atoms with Crippen LogP contribution in [0.1, 0.15) is 21.5 Å². The van der Waals surface area contributed by atoms with Crippen LogP contribution in [-0.2, 0) is 9.59 Å². The van der Waals surface area contributed by atoms with E-state index in [2.05, 4.69) is 16.0 Å². The van der Waals surface area contributed by atoms with E-state index in [1.165, 1.54) is 42.1 Å². The molecule has 0 saturated heterocycles. The van der Waals surface area contributed by atoms with Crippen molar-refractivity contribution in [3.8, 4) is 0 Å².